The molecule has 0 fully saturated rings. The van der Waals surface area contributed by atoms with Crippen LogP contribution in [0.3, 0.4) is 0 Å². The third-order valence-corrected chi connectivity index (χ3v) is 1.83. The van der Waals surface area contributed by atoms with E-state index in [2.05, 4.69) is 4.98 Å². The van der Waals surface area contributed by atoms with Crippen LogP contribution in [0.25, 0.3) is 11.1 Å². The third kappa shape index (κ3) is 1.16. The minimum absolute atomic E-state index is 0.0725. The summed E-state index contributed by atoms with van der Waals surface area (Å²) < 4.78 is 4.95. The second-order valence-electron chi connectivity index (χ2n) is 2.75. The van der Waals surface area contributed by atoms with Crippen LogP contribution >= 0.6 is 0 Å². The van der Waals surface area contributed by atoms with Crippen LogP contribution in [0.2, 0.25) is 0 Å². The number of hydrogen-bond donors (Lipinski definition) is 1. The first-order valence-corrected chi connectivity index (χ1v) is 3.75. The lowest BCUT2D eigenvalue weighted by atomic mass is 10.1. The van der Waals surface area contributed by atoms with Gasteiger partial charge < -0.3 is 9.52 Å². The zero-order valence-electron chi connectivity index (χ0n) is 6.94. The molecule has 0 radical (unpaired) electrons. The molecule has 0 amide bonds. The number of benzene rings is 1. The number of ketones is 1. The highest BCUT2D eigenvalue weighted by atomic mass is 16.3. The quantitative estimate of drug-likeness (QED) is 0.674. The van der Waals surface area contributed by atoms with Crippen LogP contribution in [0, 0.1) is 0 Å². The molecule has 0 saturated carbocycles. The molecule has 0 aliphatic heterocycles. The van der Waals surface area contributed by atoms with Gasteiger partial charge in [0.05, 0.1) is 5.56 Å². The van der Waals surface area contributed by atoms with E-state index in [1.54, 1.807) is 0 Å². The van der Waals surface area contributed by atoms with Crippen LogP contribution in [0.1, 0.15) is 17.3 Å². The minimum atomic E-state index is -0.192. The van der Waals surface area contributed by atoms with Gasteiger partial charge in [0.15, 0.2) is 17.8 Å². The van der Waals surface area contributed by atoms with E-state index >= 15 is 0 Å². The van der Waals surface area contributed by atoms with Gasteiger partial charge in [-0.15, -0.1) is 0 Å². The second kappa shape index (κ2) is 2.58. The number of nitrogens with zero attached hydrogens (tertiary/aromatic N) is 1. The lowest BCUT2D eigenvalue weighted by molar-refractivity contribution is 0.101. The summed E-state index contributed by atoms with van der Waals surface area (Å²) in [5, 5.41) is 9.39. The lowest BCUT2D eigenvalue weighted by Gasteiger charge is -1.98. The number of hydrogen-bond acceptors (Lipinski definition) is 4. The van der Waals surface area contributed by atoms with E-state index in [-0.39, 0.29) is 17.1 Å². The number of Topliss-reactive ketones (excluding diaryl/α,β-unsaturated/α-hetero) is 1. The molecule has 0 saturated heterocycles. The Morgan fingerprint density at radius 2 is 2.31 bits per heavy atom. The van der Waals surface area contributed by atoms with E-state index in [1.807, 2.05) is 0 Å². The molecule has 1 aromatic heterocycles. The number of carbonyl (C=O) groups excluding carboxylic acids is 1. The van der Waals surface area contributed by atoms with Gasteiger partial charge in [0, 0.05) is 6.07 Å². The summed E-state index contributed by atoms with van der Waals surface area (Å²) in [6.07, 6.45) is 1.27. The van der Waals surface area contributed by atoms with Crippen molar-refractivity contribution in [1.82, 2.24) is 4.98 Å². The van der Waals surface area contributed by atoms with Gasteiger partial charge in [-0.1, -0.05) is 0 Å². The smallest absolute Gasteiger partial charge is 0.181 e. The topological polar surface area (TPSA) is 63.3 Å². The van der Waals surface area contributed by atoms with Crippen molar-refractivity contribution in [1.29, 1.82) is 0 Å². The predicted octanol–water partition coefficient (Wildman–Crippen LogP) is 1.74. The highest BCUT2D eigenvalue weighted by molar-refractivity contribution is 5.99. The Hall–Kier alpha value is -1.84. The summed E-state index contributed by atoms with van der Waals surface area (Å²) in [5.41, 5.74) is 1.31. The molecule has 1 N–H and O–H groups in total. The number of phenolic OH excluding ortho intramolecular Hbond substituents is 1. The van der Waals surface area contributed by atoms with Gasteiger partial charge in [-0.2, -0.15) is 0 Å². The number of rotatable bonds is 1. The van der Waals surface area contributed by atoms with E-state index in [4.69, 9.17) is 4.42 Å². The van der Waals surface area contributed by atoms with Gasteiger partial charge in [0.25, 0.3) is 0 Å². The molecule has 66 valence electrons. The molecule has 0 aliphatic carbocycles. The molecule has 13 heavy (non-hydrogen) atoms. The molecule has 4 nitrogen and oxygen atoms in total. The SMILES string of the molecule is CC(=O)c1cc2ncoc2cc1O. The van der Waals surface area contributed by atoms with Crippen molar-refractivity contribution in [2.24, 2.45) is 0 Å². The maximum absolute atomic E-state index is 11.0. The molecule has 2 rings (SSSR count). The summed E-state index contributed by atoms with van der Waals surface area (Å²) in [7, 11) is 0. The number of fused-ring (bicyclic) bond motifs is 1. The fraction of sp³-hybridized carbons (Fsp3) is 0.111. The number of phenols is 1. The molecule has 0 aliphatic rings. The molecule has 0 bridgehead atoms. The summed E-state index contributed by atoms with van der Waals surface area (Å²) in [4.78, 5) is 14.9. The highest BCUT2D eigenvalue weighted by Gasteiger charge is 2.09. The average molecular weight is 177 g/mol. The van der Waals surface area contributed by atoms with Gasteiger partial charge >= 0.3 is 0 Å². The fourth-order valence-corrected chi connectivity index (χ4v) is 1.17. The van der Waals surface area contributed by atoms with Gasteiger partial charge in [0.1, 0.15) is 11.3 Å². The van der Waals surface area contributed by atoms with Crippen molar-refractivity contribution in [2.45, 2.75) is 6.92 Å². The van der Waals surface area contributed by atoms with Crippen molar-refractivity contribution in [3.8, 4) is 5.75 Å². The number of carbonyl (C=O) groups is 1. The Bertz CT molecular complexity index is 473. The summed E-state index contributed by atoms with van der Waals surface area (Å²) >= 11 is 0. The van der Waals surface area contributed by atoms with Crippen LogP contribution in [0.5, 0.6) is 5.75 Å². The summed E-state index contributed by atoms with van der Waals surface area (Å²) in [6, 6.07) is 2.90. The first-order chi connectivity index (χ1) is 6.18. The first kappa shape index (κ1) is 7.79. The Morgan fingerprint density at radius 1 is 1.54 bits per heavy atom. The van der Waals surface area contributed by atoms with E-state index in [0.29, 0.717) is 11.1 Å². The zero-order chi connectivity index (χ0) is 9.42. The molecular weight excluding hydrogens is 170 g/mol. The van der Waals surface area contributed by atoms with Crippen LogP contribution in [0.15, 0.2) is 22.9 Å². The van der Waals surface area contributed by atoms with Crippen molar-refractivity contribution < 1.29 is 14.3 Å². The van der Waals surface area contributed by atoms with Crippen LogP contribution < -0.4 is 0 Å². The largest absolute Gasteiger partial charge is 0.507 e. The molecule has 0 spiro atoms. The molecular formula is C9H7NO3. The van der Waals surface area contributed by atoms with Crippen LogP contribution in [0.4, 0.5) is 0 Å². The molecule has 4 heteroatoms. The minimum Gasteiger partial charge on any atom is -0.507 e. The van der Waals surface area contributed by atoms with E-state index < -0.39 is 0 Å². The molecule has 0 unspecified atom stereocenters. The number of oxazole rings is 1. The average Bonchev–Trinajstić information content (AvgIpc) is 2.48. The van der Waals surface area contributed by atoms with Crippen molar-refractivity contribution in [2.75, 3.05) is 0 Å². The van der Waals surface area contributed by atoms with Crippen molar-refractivity contribution >= 4 is 16.9 Å². The summed E-state index contributed by atoms with van der Waals surface area (Å²) in [6.45, 7) is 1.39. The van der Waals surface area contributed by atoms with Gasteiger partial charge in [-0.3, -0.25) is 4.79 Å². The maximum Gasteiger partial charge on any atom is 0.181 e. The third-order valence-electron chi connectivity index (χ3n) is 1.83. The monoisotopic (exact) mass is 177 g/mol. The predicted molar refractivity (Wildman–Crippen MR) is 45.7 cm³/mol. The lowest BCUT2D eigenvalue weighted by Crippen LogP contribution is -1.92. The molecule has 1 heterocycles. The van der Waals surface area contributed by atoms with Crippen molar-refractivity contribution in [3.63, 3.8) is 0 Å². The molecule has 1 aromatic carbocycles. The first-order valence-electron chi connectivity index (χ1n) is 3.75. The standard InChI is InChI=1S/C9H7NO3/c1-5(11)6-2-7-9(3-8(6)12)13-4-10-7/h2-4,12H,1H3. The van der Waals surface area contributed by atoms with Gasteiger partial charge in [-0.25, -0.2) is 4.98 Å². The Labute approximate surface area is 73.8 Å². The van der Waals surface area contributed by atoms with Crippen LogP contribution in [-0.2, 0) is 0 Å². The van der Waals surface area contributed by atoms with E-state index in [1.165, 1.54) is 25.5 Å². The maximum atomic E-state index is 11.0. The molecule has 2 aromatic rings. The molecule has 0 atom stereocenters. The summed E-state index contributed by atoms with van der Waals surface area (Å²) in [5.74, 6) is -0.265. The van der Waals surface area contributed by atoms with Gasteiger partial charge in [0.2, 0.25) is 0 Å². The Kier molecular flexibility index (Phi) is 1.55. The van der Waals surface area contributed by atoms with Crippen molar-refractivity contribution in [3.05, 3.63) is 24.1 Å². The Morgan fingerprint density at radius 3 is 3.00 bits per heavy atom. The van der Waals surface area contributed by atoms with E-state index in [0.717, 1.165) is 0 Å². The number of aromatic nitrogens is 1. The normalized spacial score (nSPS) is 10.5. The van der Waals surface area contributed by atoms with Crippen LogP contribution in [-0.4, -0.2) is 15.9 Å². The fourth-order valence-electron chi connectivity index (χ4n) is 1.17. The van der Waals surface area contributed by atoms with E-state index in [9.17, 15) is 9.90 Å². The zero-order valence-corrected chi connectivity index (χ0v) is 6.94. The second-order valence-corrected chi connectivity index (χ2v) is 2.75. The van der Waals surface area contributed by atoms with Gasteiger partial charge in [-0.05, 0) is 13.0 Å². The number of aromatic hydroxyl groups is 1. The Balaban J connectivity index is 2.76. The highest BCUT2D eigenvalue weighted by Crippen LogP contribution is 2.24.